The molecule has 1 aliphatic heterocycles. The second-order valence-electron chi connectivity index (χ2n) is 7.46. The molecule has 10 nitrogen and oxygen atoms in total. The fourth-order valence-electron chi connectivity index (χ4n) is 3.49. The van der Waals surface area contributed by atoms with Gasteiger partial charge < -0.3 is 9.80 Å². The van der Waals surface area contributed by atoms with Crippen molar-refractivity contribution in [3.05, 3.63) is 69.8 Å². The number of hydrogen-bond donors (Lipinski definition) is 2. The van der Waals surface area contributed by atoms with E-state index in [1.165, 1.54) is 25.1 Å². The first-order valence-electron chi connectivity index (χ1n) is 10.3. The van der Waals surface area contributed by atoms with Gasteiger partial charge in [-0.3, -0.25) is 35.3 Å². The minimum absolute atomic E-state index is 0.0453. The number of carbonyl (C=O) groups excluding carboxylic acids is 3. The van der Waals surface area contributed by atoms with Gasteiger partial charge in [0.2, 0.25) is 11.8 Å². The van der Waals surface area contributed by atoms with Crippen LogP contribution in [0.4, 0.5) is 11.4 Å². The SMILES string of the molecule is Cc1cc(C(=O)NNC(=O)CCC(=O)N2CCN(c3ccccc3)CC2)ccc1[N+](=O)[O-]. The third-order valence-electron chi connectivity index (χ3n) is 5.29. The van der Waals surface area contributed by atoms with E-state index in [-0.39, 0.29) is 30.0 Å². The minimum atomic E-state index is -0.597. The lowest BCUT2D eigenvalue weighted by Gasteiger charge is -2.36. The number of nitrogens with zero attached hydrogens (tertiary/aromatic N) is 3. The molecule has 10 heteroatoms. The summed E-state index contributed by atoms with van der Waals surface area (Å²) in [4.78, 5) is 50.9. The van der Waals surface area contributed by atoms with Gasteiger partial charge in [0, 0.05) is 61.9 Å². The quantitative estimate of drug-likeness (QED) is 0.522. The van der Waals surface area contributed by atoms with Crippen LogP contribution in [-0.4, -0.2) is 53.7 Å². The molecule has 1 fully saturated rings. The molecule has 0 aromatic heterocycles. The van der Waals surface area contributed by atoms with Gasteiger partial charge in [0.05, 0.1) is 4.92 Å². The molecule has 2 aromatic rings. The molecule has 0 bridgehead atoms. The minimum Gasteiger partial charge on any atom is -0.368 e. The highest BCUT2D eigenvalue weighted by atomic mass is 16.6. The number of carbonyl (C=O) groups is 3. The van der Waals surface area contributed by atoms with Gasteiger partial charge in [-0.15, -0.1) is 0 Å². The Morgan fingerprint density at radius 2 is 1.66 bits per heavy atom. The smallest absolute Gasteiger partial charge is 0.272 e. The first-order valence-corrected chi connectivity index (χ1v) is 10.3. The molecule has 0 radical (unpaired) electrons. The first-order chi connectivity index (χ1) is 15.3. The van der Waals surface area contributed by atoms with Crippen LogP contribution in [0.5, 0.6) is 0 Å². The third-order valence-corrected chi connectivity index (χ3v) is 5.29. The zero-order valence-corrected chi connectivity index (χ0v) is 17.7. The summed E-state index contributed by atoms with van der Waals surface area (Å²) in [5.41, 5.74) is 6.09. The monoisotopic (exact) mass is 439 g/mol. The molecular weight excluding hydrogens is 414 g/mol. The maximum Gasteiger partial charge on any atom is 0.272 e. The maximum atomic E-state index is 12.4. The summed E-state index contributed by atoms with van der Waals surface area (Å²) in [6.07, 6.45) is -0.0129. The Bertz CT molecular complexity index is 1000. The zero-order chi connectivity index (χ0) is 23.1. The number of hydrogen-bond acceptors (Lipinski definition) is 6. The summed E-state index contributed by atoms with van der Waals surface area (Å²) >= 11 is 0. The van der Waals surface area contributed by atoms with Gasteiger partial charge in [-0.1, -0.05) is 18.2 Å². The number of aryl methyl sites for hydroxylation is 1. The number of nitro groups is 1. The molecule has 0 unspecified atom stereocenters. The van der Waals surface area contributed by atoms with E-state index < -0.39 is 16.7 Å². The van der Waals surface area contributed by atoms with Crippen molar-refractivity contribution in [3.8, 4) is 0 Å². The lowest BCUT2D eigenvalue weighted by molar-refractivity contribution is -0.385. The molecule has 0 saturated carbocycles. The van der Waals surface area contributed by atoms with Crippen LogP contribution >= 0.6 is 0 Å². The summed E-state index contributed by atoms with van der Waals surface area (Å²) < 4.78 is 0. The van der Waals surface area contributed by atoms with E-state index in [9.17, 15) is 24.5 Å². The number of benzene rings is 2. The molecule has 1 aliphatic rings. The van der Waals surface area contributed by atoms with E-state index in [2.05, 4.69) is 15.8 Å². The highest BCUT2D eigenvalue weighted by Crippen LogP contribution is 2.19. The van der Waals surface area contributed by atoms with E-state index in [1.54, 1.807) is 4.90 Å². The molecule has 2 aromatic carbocycles. The van der Waals surface area contributed by atoms with E-state index in [0.717, 1.165) is 18.8 Å². The van der Waals surface area contributed by atoms with E-state index in [1.807, 2.05) is 30.3 Å². The summed E-state index contributed by atoms with van der Waals surface area (Å²) in [5, 5.41) is 10.9. The summed E-state index contributed by atoms with van der Waals surface area (Å²) in [5.74, 6) is -1.20. The summed E-state index contributed by atoms with van der Waals surface area (Å²) in [6.45, 7) is 4.16. The van der Waals surface area contributed by atoms with Crippen molar-refractivity contribution < 1.29 is 19.3 Å². The standard InChI is InChI=1S/C22H25N5O5/c1-16-15-17(7-8-19(16)27(31)32)22(30)24-23-20(28)9-10-21(29)26-13-11-25(12-14-26)18-5-3-2-4-6-18/h2-8,15H,9-14H2,1H3,(H,23,28)(H,24,30). The number of amides is 3. The second-order valence-corrected chi connectivity index (χ2v) is 7.46. The number of rotatable bonds is 6. The normalized spacial score (nSPS) is 13.4. The van der Waals surface area contributed by atoms with Crippen molar-refractivity contribution in [1.82, 2.24) is 15.8 Å². The van der Waals surface area contributed by atoms with Crippen LogP contribution in [0, 0.1) is 17.0 Å². The Balaban J connectivity index is 1.39. The summed E-state index contributed by atoms with van der Waals surface area (Å²) in [7, 11) is 0. The van der Waals surface area contributed by atoms with Crippen LogP contribution in [0.3, 0.4) is 0 Å². The number of hydrazine groups is 1. The van der Waals surface area contributed by atoms with Crippen molar-refractivity contribution in [2.24, 2.45) is 0 Å². The Morgan fingerprint density at radius 1 is 0.969 bits per heavy atom. The molecule has 168 valence electrons. The average Bonchev–Trinajstić information content (AvgIpc) is 2.81. The predicted molar refractivity (Wildman–Crippen MR) is 118 cm³/mol. The van der Waals surface area contributed by atoms with Crippen LogP contribution in [0.1, 0.15) is 28.8 Å². The van der Waals surface area contributed by atoms with Gasteiger partial charge >= 0.3 is 0 Å². The topological polar surface area (TPSA) is 125 Å². The molecule has 3 amide bonds. The maximum absolute atomic E-state index is 12.4. The van der Waals surface area contributed by atoms with Gasteiger partial charge in [0.25, 0.3) is 11.6 Å². The fourth-order valence-corrected chi connectivity index (χ4v) is 3.49. The Morgan fingerprint density at radius 3 is 2.28 bits per heavy atom. The van der Waals surface area contributed by atoms with Gasteiger partial charge in [-0.25, -0.2) is 0 Å². The molecule has 0 atom stereocenters. The predicted octanol–water partition coefficient (Wildman–Crippen LogP) is 1.79. The lowest BCUT2D eigenvalue weighted by atomic mass is 10.1. The van der Waals surface area contributed by atoms with Crippen LogP contribution < -0.4 is 15.8 Å². The van der Waals surface area contributed by atoms with Crippen molar-refractivity contribution in [2.45, 2.75) is 19.8 Å². The van der Waals surface area contributed by atoms with Crippen molar-refractivity contribution in [1.29, 1.82) is 0 Å². The molecule has 32 heavy (non-hydrogen) atoms. The highest BCUT2D eigenvalue weighted by Gasteiger charge is 2.22. The van der Waals surface area contributed by atoms with E-state index in [4.69, 9.17) is 0 Å². The number of anilines is 1. The molecule has 3 rings (SSSR count). The number of nitrogens with one attached hydrogen (secondary N) is 2. The Labute approximate surface area is 185 Å². The molecule has 0 spiro atoms. The number of para-hydroxylation sites is 1. The van der Waals surface area contributed by atoms with Crippen LogP contribution in [-0.2, 0) is 9.59 Å². The Kier molecular flexibility index (Phi) is 7.37. The fraction of sp³-hybridized carbons (Fsp3) is 0.318. The van der Waals surface area contributed by atoms with Gasteiger partial charge in [0.1, 0.15) is 0 Å². The third kappa shape index (κ3) is 5.81. The zero-order valence-electron chi connectivity index (χ0n) is 17.7. The molecular formula is C22H25N5O5. The lowest BCUT2D eigenvalue weighted by Crippen LogP contribution is -2.49. The molecule has 2 N–H and O–H groups in total. The van der Waals surface area contributed by atoms with E-state index in [0.29, 0.717) is 18.7 Å². The first kappa shape index (κ1) is 22.7. The number of piperazine rings is 1. The van der Waals surface area contributed by atoms with E-state index >= 15 is 0 Å². The summed E-state index contributed by atoms with van der Waals surface area (Å²) in [6, 6.07) is 13.9. The van der Waals surface area contributed by atoms with Crippen LogP contribution in [0.25, 0.3) is 0 Å². The number of nitro benzene ring substituents is 1. The Hall–Kier alpha value is -3.95. The molecule has 1 saturated heterocycles. The molecule has 1 heterocycles. The van der Waals surface area contributed by atoms with Gasteiger partial charge in [-0.2, -0.15) is 0 Å². The van der Waals surface area contributed by atoms with Crippen LogP contribution in [0.2, 0.25) is 0 Å². The van der Waals surface area contributed by atoms with Crippen molar-refractivity contribution in [2.75, 3.05) is 31.1 Å². The van der Waals surface area contributed by atoms with Crippen molar-refractivity contribution in [3.63, 3.8) is 0 Å². The second kappa shape index (κ2) is 10.4. The molecule has 0 aliphatic carbocycles. The average molecular weight is 439 g/mol. The largest absolute Gasteiger partial charge is 0.368 e. The van der Waals surface area contributed by atoms with Gasteiger partial charge in [-0.05, 0) is 31.2 Å². The van der Waals surface area contributed by atoms with Crippen LogP contribution in [0.15, 0.2) is 48.5 Å². The van der Waals surface area contributed by atoms with Crippen molar-refractivity contribution >= 4 is 29.1 Å². The highest BCUT2D eigenvalue weighted by molar-refractivity contribution is 5.96. The van der Waals surface area contributed by atoms with Gasteiger partial charge in [0.15, 0.2) is 0 Å².